The second-order valence-electron chi connectivity index (χ2n) is 5.49. The van der Waals surface area contributed by atoms with E-state index in [0.29, 0.717) is 22.0 Å². The molecule has 0 spiro atoms. The zero-order chi connectivity index (χ0) is 17.8. The highest BCUT2D eigenvalue weighted by Crippen LogP contribution is 2.20. The van der Waals surface area contributed by atoms with E-state index in [9.17, 15) is 4.79 Å². The van der Waals surface area contributed by atoms with Crippen molar-refractivity contribution in [1.29, 1.82) is 0 Å². The number of carbonyl (C=O) groups is 1. The fourth-order valence-electron chi connectivity index (χ4n) is 2.35. The summed E-state index contributed by atoms with van der Waals surface area (Å²) in [5.74, 6) is 0.365. The van der Waals surface area contributed by atoms with Crippen LogP contribution in [0.5, 0.6) is 5.75 Å². The van der Waals surface area contributed by atoms with Gasteiger partial charge in [-0.1, -0.05) is 23.2 Å². The van der Waals surface area contributed by atoms with Crippen LogP contribution in [0.15, 0.2) is 53.6 Å². The van der Waals surface area contributed by atoms with Crippen LogP contribution in [0, 0.1) is 6.92 Å². The van der Waals surface area contributed by atoms with Crippen LogP contribution in [-0.2, 0) is 0 Å². The topological polar surface area (TPSA) is 63.6 Å². The van der Waals surface area contributed by atoms with E-state index in [4.69, 9.17) is 16.3 Å². The zero-order valence-corrected chi connectivity index (χ0v) is 14.5. The van der Waals surface area contributed by atoms with Crippen molar-refractivity contribution in [1.82, 2.24) is 10.4 Å². The Balaban J connectivity index is 1.75. The molecule has 1 heterocycles. The van der Waals surface area contributed by atoms with Crippen LogP contribution in [0.2, 0.25) is 5.15 Å². The number of aryl methyl sites for hydroxylation is 1. The molecular weight excluding hydrogens is 338 g/mol. The first-order valence-electron chi connectivity index (χ1n) is 7.61. The predicted octanol–water partition coefficient (Wildman–Crippen LogP) is 3.97. The SMILES string of the molecule is COc1ccc(C(=O)N/N=C\c2cc3cc(C)ccc3nc2Cl)cc1. The summed E-state index contributed by atoms with van der Waals surface area (Å²) < 4.78 is 5.06. The molecule has 0 aliphatic heterocycles. The van der Waals surface area contributed by atoms with Gasteiger partial charge in [-0.05, 0) is 49.4 Å². The molecule has 1 amide bonds. The maximum Gasteiger partial charge on any atom is 0.271 e. The van der Waals surface area contributed by atoms with Gasteiger partial charge in [-0.25, -0.2) is 10.4 Å². The van der Waals surface area contributed by atoms with Gasteiger partial charge in [0.15, 0.2) is 0 Å². The standard InChI is InChI=1S/C19H16ClN3O2/c1-12-3-8-17-14(9-12)10-15(18(20)22-17)11-21-23-19(24)13-4-6-16(25-2)7-5-13/h3-11H,1-2H3,(H,23,24)/b21-11-. The van der Waals surface area contributed by atoms with Gasteiger partial charge in [-0.15, -0.1) is 0 Å². The molecule has 3 aromatic rings. The number of methoxy groups -OCH3 is 1. The van der Waals surface area contributed by atoms with Gasteiger partial charge in [0, 0.05) is 16.5 Å². The predicted molar refractivity (Wildman–Crippen MR) is 99.5 cm³/mol. The average molecular weight is 354 g/mol. The van der Waals surface area contributed by atoms with Gasteiger partial charge in [0.25, 0.3) is 5.91 Å². The number of pyridine rings is 1. The summed E-state index contributed by atoms with van der Waals surface area (Å²) in [5.41, 5.74) is 5.54. The number of aromatic nitrogens is 1. The Morgan fingerprint density at radius 2 is 1.96 bits per heavy atom. The van der Waals surface area contributed by atoms with Gasteiger partial charge >= 0.3 is 0 Å². The van der Waals surface area contributed by atoms with Crippen molar-refractivity contribution in [2.24, 2.45) is 5.10 Å². The molecule has 0 fully saturated rings. The first-order chi connectivity index (χ1) is 12.1. The van der Waals surface area contributed by atoms with Crippen molar-refractivity contribution in [3.8, 4) is 5.75 Å². The fourth-order valence-corrected chi connectivity index (χ4v) is 2.54. The first kappa shape index (κ1) is 16.9. The van der Waals surface area contributed by atoms with E-state index in [-0.39, 0.29) is 5.91 Å². The van der Waals surface area contributed by atoms with E-state index in [1.165, 1.54) is 6.21 Å². The van der Waals surface area contributed by atoms with E-state index in [1.807, 2.05) is 31.2 Å². The molecule has 3 rings (SSSR count). The molecule has 1 N–H and O–H groups in total. The van der Waals surface area contributed by atoms with Crippen molar-refractivity contribution in [3.05, 3.63) is 70.4 Å². The van der Waals surface area contributed by atoms with E-state index in [0.717, 1.165) is 16.5 Å². The van der Waals surface area contributed by atoms with Crippen LogP contribution in [0.4, 0.5) is 0 Å². The lowest BCUT2D eigenvalue weighted by atomic mass is 10.1. The summed E-state index contributed by atoms with van der Waals surface area (Å²) in [7, 11) is 1.57. The number of fused-ring (bicyclic) bond motifs is 1. The van der Waals surface area contributed by atoms with Crippen molar-refractivity contribution in [3.63, 3.8) is 0 Å². The Kier molecular flexibility index (Phi) is 4.95. The molecule has 6 heteroatoms. The summed E-state index contributed by atoms with van der Waals surface area (Å²) in [6, 6.07) is 14.6. The Hall–Kier alpha value is -2.92. The summed E-state index contributed by atoms with van der Waals surface area (Å²) in [4.78, 5) is 16.4. The van der Waals surface area contributed by atoms with Crippen LogP contribution < -0.4 is 10.2 Å². The van der Waals surface area contributed by atoms with Gasteiger partial charge < -0.3 is 4.74 Å². The molecule has 0 aliphatic carbocycles. The number of nitrogens with one attached hydrogen (secondary N) is 1. The summed E-state index contributed by atoms with van der Waals surface area (Å²) in [5, 5.41) is 5.27. The lowest BCUT2D eigenvalue weighted by molar-refractivity contribution is 0.0955. The molecule has 0 saturated carbocycles. The molecule has 0 bridgehead atoms. The molecule has 0 unspecified atom stereocenters. The second kappa shape index (κ2) is 7.32. The third kappa shape index (κ3) is 3.95. The molecule has 0 atom stereocenters. The van der Waals surface area contributed by atoms with Crippen molar-refractivity contribution in [2.45, 2.75) is 6.92 Å². The highest BCUT2D eigenvalue weighted by atomic mass is 35.5. The number of amides is 1. The summed E-state index contributed by atoms with van der Waals surface area (Å²) in [6.07, 6.45) is 1.48. The minimum atomic E-state index is -0.320. The smallest absolute Gasteiger partial charge is 0.271 e. The molecule has 0 aliphatic rings. The molecular formula is C19H16ClN3O2. The number of nitrogens with zero attached hydrogens (tertiary/aromatic N) is 2. The Labute approximate surface area is 150 Å². The zero-order valence-electron chi connectivity index (χ0n) is 13.8. The van der Waals surface area contributed by atoms with Crippen LogP contribution in [0.1, 0.15) is 21.5 Å². The quantitative estimate of drug-likeness (QED) is 0.438. The number of benzene rings is 2. The highest BCUT2D eigenvalue weighted by molar-refractivity contribution is 6.32. The largest absolute Gasteiger partial charge is 0.497 e. The van der Waals surface area contributed by atoms with E-state index in [2.05, 4.69) is 15.5 Å². The van der Waals surface area contributed by atoms with Gasteiger partial charge in [0.2, 0.25) is 0 Å². The van der Waals surface area contributed by atoms with Crippen molar-refractivity contribution >= 4 is 34.6 Å². The number of hydrazone groups is 1. The summed E-state index contributed by atoms with van der Waals surface area (Å²) >= 11 is 6.18. The Morgan fingerprint density at radius 1 is 1.20 bits per heavy atom. The van der Waals surface area contributed by atoms with Crippen LogP contribution >= 0.6 is 11.6 Å². The molecule has 2 aromatic carbocycles. The average Bonchev–Trinajstić information content (AvgIpc) is 2.62. The maximum atomic E-state index is 12.1. The number of hydrogen-bond acceptors (Lipinski definition) is 4. The van der Waals surface area contributed by atoms with Crippen LogP contribution in [0.25, 0.3) is 10.9 Å². The molecule has 126 valence electrons. The number of rotatable bonds is 4. The normalized spacial score (nSPS) is 11.0. The van der Waals surface area contributed by atoms with Crippen molar-refractivity contribution in [2.75, 3.05) is 7.11 Å². The summed E-state index contributed by atoms with van der Waals surface area (Å²) in [6.45, 7) is 2.01. The van der Waals surface area contributed by atoms with E-state index in [1.54, 1.807) is 31.4 Å². The van der Waals surface area contributed by atoms with E-state index >= 15 is 0 Å². The monoisotopic (exact) mass is 353 g/mol. The number of ether oxygens (including phenoxy) is 1. The third-order valence-corrected chi connectivity index (χ3v) is 3.98. The number of hydrogen-bond donors (Lipinski definition) is 1. The lowest BCUT2D eigenvalue weighted by Gasteiger charge is -2.04. The van der Waals surface area contributed by atoms with Gasteiger partial charge in [0.05, 0.1) is 18.8 Å². The number of halogens is 1. The highest BCUT2D eigenvalue weighted by Gasteiger charge is 2.06. The third-order valence-electron chi connectivity index (χ3n) is 3.67. The minimum absolute atomic E-state index is 0.320. The van der Waals surface area contributed by atoms with Crippen LogP contribution in [-0.4, -0.2) is 24.2 Å². The van der Waals surface area contributed by atoms with Gasteiger partial charge in [0.1, 0.15) is 10.9 Å². The molecule has 1 aromatic heterocycles. The molecule has 0 radical (unpaired) electrons. The maximum absolute atomic E-state index is 12.1. The first-order valence-corrected chi connectivity index (χ1v) is 7.99. The molecule has 0 saturated heterocycles. The lowest BCUT2D eigenvalue weighted by Crippen LogP contribution is -2.17. The van der Waals surface area contributed by atoms with Gasteiger partial charge in [-0.3, -0.25) is 4.79 Å². The fraction of sp³-hybridized carbons (Fsp3) is 0.105. The Morgan fingerprint density at radius 3 is 2.68 bits per heavy atom. The second-order valence-corrected chi connectivity index (χ2v) is 5.85. The minimum Gasteiger partial charge on any atom is -0.497 e. The van der Waals surface area contributed by atoms with Crippen molar-refractivity contribution < 1.29 is 9.53 Å². The molecule has 25 heavy (non-hydrogen) atoms. The van der Waals surface area contributed by atoms with E-state index < -0.39 is 0 Å². The van der Waals surface area contributed by atoms with Crippen LogP contribution in [0.3, 0.4) is 0 Å². The van der Waals surface area contributed by atoms with Gasteiger partial charge in [-0.2, -0.15) is 5.10 Å². The Bertz CT molecular complexity index is 953. The number of carbonyl (C=O) groups excluding carboxylic acids is 1. The molecule has 5 nitrogen and oxygen atoms in total.